The van der Waals surface area contributed by atoms with Crippen molar-refractivity contribution < 1.29 is 33.3 Å². The number of benzene rings is 2. The van der Waals surface area contributed by atoms with Gasteiger partial charge in [0.2, 0.25) is 0 Å². The fourth-order valence-corrected chi connectivity index (χ4v) is 4.07. The van der Waals surface area contributed by atoms with Crippen molar-refractivity contribution in [2.75, 3.05) is 21.3 Å². The van der Waals surface area contributed by atoms with E-state index in [0.717, 1.165) is 0 Å². The minimum Gasteiger partial charge on any atom is -0.496 e. The lowest BCUT2D eigenvalue weighted by molar-refractivity contribution is -0.150. The molecular formula is C28H34N2O7. The number of rotatable bonds is 8. The zero-order valence-electron chi connectivity index (χ0n) is 22.3. The third-order valence-corrected chi connectivity index (χ3v) is 6.06. The zero-order valence-corrected chi connectivity index (χ0v) is 22.3. The second-order valence-electron chi connectivity index (χ2n) is 9.72. The maximum Gasteiger partial charge on any atom is 0.419 e. The normalized spacial score (nSPS) is 13.9. The highest BCUT2D eigenvalue weighted by molar-refractivity contribution is 5.97. The summed E-state index contributed by atoms with van der Waals surface area (Å²) in [7, 11) is 4.20. The van der Waals surface area contributed by atoms with Gasteiger partial charge in [0.1, 0.15) is 17.4 Å². The molecule has 0 bridgehead atoms. The van der Waals surface area contributed by atoms with Crippen molar-refractivity contribution in [3.63, 3.8) is 0 Å². The molecule has 37 heavy (non-hydrogen) atoms. The SMILES string of the molecule is COC(=O)[C@H](Cc1cn(C(=O)OC(C)(C)C)c2cccc(OC)c12)NC(=O)[C@@](C)(OC)c1ccccc1. The number of aromatic nitrogens is 1. The molecule has 0 radical (unpaired) electrons. The van der Waals surface area contributed by atoms with Crippen LogP contribution in [0.1, 0.15) is 38.8 Å². The average Bonchev–Trinajstić information content (AvgIpc) is 3.25. The number of esters is 1. The lowest BCUT2D eigenvalue weighted by Crippen LogP contribution is -2.51. The van der Waals surface area contributed by atoms with Gasteiger partial charge in [-0.1, -0.05) is 36.4 Å². The van der Waals surface area contributed by atoms with Gasteiger partial charge >= 0.3 is 12.1 Å². The van der Waals surface area contributed by atoms with Crippen LogP contribution in [0.3, 0.4) is 0 Å². The van der Waals surface area contributed by atoms with Gasteiger partial charge in [0, 0.05) is 25.1 Å². The summed E-state index contributed by atoms with van der Waals surface area (Å²) >= 11 is 0. The Morgan fingerprint density at radius 1 is 0.946 bits per heavy atom. The molecule has 1 aromatic heterocycles. The first kappa shape index (κ1) is 27.7. The van der Waals surface area contributed by atoms with Crippen molar-refractivity contribution in [1.29, 1.82) is 0 Å². The van der Waals surface area contributed by atoms with E-state index in [1.54, 1.807) is 76.4 Å². The van der Waals surface area contributed by atoms with Crippen LogP contribution in [0.4, 0.5) is 4.79 Å². The molecule has 0 unspecified atom stereocenters. The molecule has 198 valence electrons. The standard InChI is InChI=1S/C28H34N2O7/c1-27(2,3)37-26(33)30-17-18(23-21(30)14-11-15-22(23)34-5)16-20(24(31)35-6)29-25(32)28(4,36-7)19-12-9-8-10-13-19/h8-15,17,20H,16H2,1-7H3,(H,29,32)/t20-,28-/m0/s1. The minimum atomic E-state index is -1.35. The maximum atomic E-state index is 13.4. The molecule has 0 fully saturated rings. The van der Waals surface area contributed by atoms with Gasteiger partial charge in [-0.15, -0.1) is 0 Å². The van der Waals surface area contributed by atoms with E-state index >= 15 is 0 Å². The molecule has 0 aliphatic rings. The number of carbonyl (C=O) groups excluding carboxylic acids is 3. The summed E-state index contributed by atoms with van der Waals surface area (Å²) in [6.45, 7) is 6.96. The van der Waals surface area contributed by atoms with Crippen molar-refractivity contribution in [2.45, 2.75) is 51.4 Å². The van der Waals surface area contributed by atoms with E-state index in [1.165, 1.54) is 25.9 Å². The summed E-state index contributed by atoms with van der Waals surface area (Å²) < 4.78 is 23.1. The first-order chi connectivity index (χ1) is 17.4. The van der Waals surface area contributed by atoms with E-state index in [1.807, 2.05) is 6.07 Å². The van der Waals surface area contributed by atoms with Crippen LogP contribution in [0.2, 0.25) is 0 Å². The van der Waals surface area contributed by atoms with Gasteiger partial charge in [0.05, 0.1) is 19.7 Å². The Hall–Kier alpha value is -3.85. The van der Waals surface area contributed by atoms with Crippen LogP contribution in [-0.2, 0) is 35.8 Å². The van der Waals surface area contributed by atoms with Gasteiger partial charge in [-0.3, -0.25) is 9.36 Å². The van der Waals surface area contributed by atoms with Gasteiger partial charge in [-0.2, -0.15) is 0 Å². The summed E-state index contributed by atoms with van der Waals surface area (Å²) in [6, 6.07) is 13.2. The Morgan fingerprint density at radius 2 is 1.62 bits per heavy atom. The van der Waals surface area contributed by atoms with Gasteiger partial charge in [0.15, 0.2) is 5.60 Å². The lowest BCUT2D eigenvalue weighted by Gasteiger charge is -2.29. The molecule has 0 saturated carbocycles. The summed E-state index contributed by atoms with van der Waals surface area (Å²) in [5.41, 5.74) is -0.299. The molecule has 1 amide bonds. The summed E-state index contributed by atoms with van der Waals surface area (Å²) in [6.07, 6.45) is 1.04. The molecule has 0 saturated heterocycles. The Labute approximate surface area is 216 Å². The molecule has 3 rings (SSSR count). The quantitative estimate of drug-likeness (QED) is 0.453. The first-order valence-corrected chi connectivity index (χ1v) is 11.8. The monoisotopic (exact) mass is 510 g/mol. The highest BCUT2D eigenvalue weighted by Gasteiger charge is 2.38. The molecule has 0 aliphatic heterocycles. The van der Waals surface area contributed by atoms with E-state index in [2.05, 4.69) is 5.32 Å². The second-order valence-corrected chi connectivity index (χ2v) is 9.72. The number of carbonyl (C=O) groups is 3. The maximum absolute atomic E-state index is 13.4. The molecule has 9 heteroatoms. The average molecular weight is 511 g/mol. The third kappa shape index (κ3) is 5.94. The van der Waals surface area contributed by atoms with Crippen LogP contribution < -0.4 is 10.1 Å². The number of hydrogen-bond acceptors (Lipinski definition) is 7. The number of ether oxygens (including phenoxy) is 4. The van der Waals surface area contributed by atoms with Crippen molar-refractivity contribution in [1.82, 2.24) is 9.88 Å². The zero-order chi connectivity index (χ0) is 27.4. The molecule has 0 spiro atoms. The third-order valence-electron chi connectivity index (χ3n) is 6.06. The van der Waals surface area contributed by atoms with E-state index in [-0.39, 0.29) is 6.42 Å². The number of nitrogens with one attached hydrogen (secondary N) is 1. The van der Waals surface area contributed by atoms with Crippen LogP contribution in [-0.4, -0.2) is 55.5 Å². The molecule has 3 aromatic rings. The number of fused-ring (bicyclic) bond motifs is 1. The number of nitrogens with zero attached hydrogens (tertiary/aromatic N) is 1. The predicted molar refractivity (Wildman–Crippen MR) is 139 cm³/mol. The molecule has 2 atom stereocenters. The Balaban J connectivity index is 2.03. The Kier molecular flexibility index (Phi) is 8.28. The van der Waals surface area contributed by atoms with Crippen LogP contribution in [0.5, 0.6) is 5.75 Å². The fraction of sp³-hybridized carbons (Fsp3) is 0.393. The van der Waals surface area contributed by atoms with Crippen molar-refractivity contribution in [3.8, 4) is 5.75 Å². The van der Waals surface area contributed by atoms with Gasteiger partial charge in [-0.05, 0) is 51.0 Å². The van der Waals surface area contributed by atoms with E-state index < -0.39 is 35.2 Å². The van der Waals surface area contributed by atoms with Crippen molar-refractivity contribution in [3.05, 3.63) is 65.9 Å². The molecule has 1 N–H and O–H groups in total. The summed E-state index contributed by atoms with van der Waals surface area (Å²) in [4.78, 5) is 39.2. The van der Waals surface area contributed by atoms with Crippen molar-refractivity contribution in [2.24, 2.45) is 0 Å². The smallest absolute Gasteiger partial charge is 0.419 e. The minimum absolute atomic E-state index is 0.0274. The summed E-state index contributed by atoms with van der Waals surface area (Å²) in [5.74, 6) is -0.650. The number of amides is 1. The lowest BCUT2D eigenvalue weighted by atomic mass is 9.94. The van der Waals surface area contributed by atoms with E-state index in [9.17, 15) is 14.4 Å². The van der Waals surface area contributed by atoms with Crippen LogP contribution >= 0.6 is 0 Å². The fourth-order valence-electron chi connectivity index (χ4n) is 4.07. The number of hydrogen-bond donors (Lipinski definition) is 1. The molecule has 9 nitrogen and oxygen atoms in total. The van der Waals surface area contributed by atoms with Crippen LogP contribution in [0.25, 0.3) is 10.9 Å². The first-order valence-electron chi connectivity index (χ1n) is 11.8. The van der Waals surface area contributed by atoms with Crippen molar-refractivity contribution >= 4 is 28.9 Å². The second kappa shape index (κ2) is 11.0. The van der Waals surface area contributed by atoms with Gasteiger partial charge in [0.25, 0.3) is 5.91 Å². The molecule has 1 heterocycles. The van der Waals surface area contributed by atoms with Crippen LogP contribution in [0, 0.1) is 0 Å². The highest BCUT2D eigenvalue weighted by Crippen LogP contribution is 2.32. The predicted octanol–water partition coefficient (Wildman–Crippen LogP) is 4.20. The Bertz CT molecular complexity index is 1280. The van der Waals surface area contributed by atoms with E-state index in [4.69, 9.17) is 18.9 Å². The number of methoxy groups -OCH3 is 3. The molecular weight excluding hydrogens is 476 g/mol. The largest absolute Gasteiger partial charge is 0.496 e. The van der Waals surface area contributed by atoms with Gasteiger partial charge in [-0.25, -0.2) is 9.59 Å². The van der Waals surface area contributed by atoms with E-state index in [0.29, 0.717) is 27.8 Å². The Morgan fingerprint density at radius 3 is 2.19 bits per heavy atom. The summed E-state index contributed by atoms with van der Waals surface area (Å²) in [5, 5.41) is 3.40. The molecule has 0 aliphatic carbocycles. The molecule has 2 aromatic carbocycles. The highest BCUT2D eigenvalue weighted by atomic mass is 16.6. The topological polar surface area (TPSA) is 105 Å². The van der Waals surface area contributed by atoms with Crippen LogP contribution in [0.15, 0.2) is 54.7 Å². The van der Waals surface area contributed by atoms with Gasteiger partial charge < -0.3 is 24.3 Å².